The second-order valence-electron chi connectivity index (χ2n) is 4.13. The van der Waals surface area contributed by atoms with E-state index in [4.69, 9.17) is 4.52 Å². The van der Waals surface area contributed by atoms with Crippen LogP contribution < -0.4 is 0 Å². The number of aryl methyl sites for hydroxylation is 1. The molecule has 96 valence electrons. The molecule has 0 unspecified atom stereocenters. The van der Waals surface area contributed by atoms with Crippen LogP contribution in [-0.2, 0) is 15.8 Å². The number of halogens is 2. The topological polar surface area (TPSA) is 63.4 Å². The summed E-state index contributed by atoms with van der Waals surface area (Å²) >= 11 is 0. The van der Waals surface area contributed by atoms with Crippen molar-refractivity contribution in [2.24, 2.45) is 0 Å². The predicted octanol–water partition coefficient (Wildman–Crippen LogP) is 1.15. The molecule has 2 rings (SSSR count). The molecule has 1 aromatic heterocycles. The number of alkyl halides is 2. The van der Waals surface area contributed by atoms with E-state index in [2.05, 4.69) is 5.16 Å². The van der Waals surface area contributed by atoms with Gasteiger partial charge in [-0.05, 0) is 6.92 Å². The summed E-state index contributed by atoms with van der Waals surface area (Å²) < 4.78 is 55.0. The summed E-state index contributed by atoms with van der Waals surface area (Å²) in [4.78, 5) is 0. The van der Waals surface area contributed by atoms with E-state index in [1.165, 1.54) is 6.07 Å². The molecule has 1 aliphatic rings. The number of nitrogens with zero attached hydrogens (tertiary/aromatic N) is 2. The van der Waals surface area contributed by atoms with Crippen LogP contribution in [0.15, 0.2) is 10.6 Å². The number of rotatable bonds is 3. The van der Waals surface area contributed by atoms with Crippen molar-refractivity contribution in [1.82, 2.24) is 9.46 Å². The van der Waals surface area contributed by atoms with Gasteiger partial charge in [0.2, 0.25) is 10.0 Å². The average molecular weight is 266 g/mol. The molecular formula is C9H12F2N2O3S. The Balaban J connectivity index is 2.10. The summed E-state index contributed by atoms with van der Waals surface area (Å²) in [6, 6.07) is 1.48. The van der Waals surface area contributed by atoms with Crippen LogP contribution in [0.3, 0.4) is 0 Å². The Morgan fingerprint density at radius 2 is 2.29 bits per heavy atom. The van der Waals surface area contributed by atoms with Crippen molar-refractivity contribution in [2.45, 2.75) is 25.0 Å². The Hall–Kier alpha value is -1.02. The van der Waals surface area contributed by atoms with Crippen molar-refractivity contribution >= 4 is 10.0 Å². The largest absolute Gasteiger partial charge is 0.360 e. The molecule has 0 spiro atoms. The molecule has 5 nitrogen and oxygen atoms in total. The van der Waals surface area contributed by atoms with Crippen molar-refractivity contribution in [3.63, 3.8) is 0 Å². The van der Waals surface area contributed by atoms with Crippen LogP contribution in [0.2, 0.25) is 0 Å². The van der Waals surface area contributed by atoms with E-state index >= 15 is 0 Å². The molecule has 0 atom stereocenters. The SMILES string of the molecule is Cc1cc(CS(=O)(=O)N2CCC(F)(F)C2)on1. The maximum atomic E-state index is 12.9. The van der Waals surface area contributed by atoms with Crippen LogP contribution in [0.1, 0.15) is 17.9 Å². The second-order valence-corrected chi connectivity index (χ2v) is 6.10. The highest BCUT2D eigenvalue weighted by Crippen LogP contribution is 2.29. The lowest BCUT2D eigenvalue weighted by Gasteiger charge is -2.14. The summed E-state index contributed by atoms with van der Waals surface area (Å²) in [6.45, 7) is 0.758. The first-order chi connectivity index (χ1) is 7.78. The zero-order chi connectivity index (χ0) is 12.7. The van der Waals surface area contributed by atoms with Gasteiger partial charge in [-0.3, -0.25) is 0 Å². The lowest BCUT2D eigenvalue weighted by molar-refractivity contribution is 0.0183. The molecule has 1 aromatic rings. The zero-order valence-corrected chi connectivity index (χ0v) is 10.0. The van der Waals surface area contributed by atoms with Gasteiger partial charge < -0.3 is 4.52 Å². The third-order valence-corrected chi connectivity index (χ3v) is 4.28. The van der Waals surface area contributed by atoms with E-state index in [-0.39, 0.29) is 12.3 Å². The van der Waals surface area contributed by atoms with E-state index in [1.54, 1.807) is 6.92 Å². The predicted molar refractivity (Wildman–Crippen MR) is 55.0 cm³/mol. The summed E-state index contributed by atoms with van der Waals surface area (Å²) in [5.74, 6) is -3.19. The standard InChI is InChI=1S/C9H12F2N2O3S/c1-7-4-8(16-12-7)5-17(14,15)13-3-2-9(10,11)6-13/h4H,2-3,5-6H2,1H3. The van der Waals surface area contributed by atoms with Crippen LogP contribution in [0.5, 0.6) is 0 Å². The molecule has 2 heterocycles. The highest BCUT2D eigenvalue weighted by atomic mass is 32.2. The highest BCUT2D eigenvalue weighted by molar-refractivity contribution is 7.88. The van der Waals surface area contributed by atoms with Crippen molar-refractivity contribution in [3.05, 3.63) is 17.5 Å². The molecular weight excluding hydrogens is 254 g/mol. The summed E-state index contributed by atoms with van der Waals surface area (Å²) in [7, 11) is -3.75. The maximum Gasteiger partial charge on any atom is 0.262 e. The first kappa shape index (κ1) is 12.4. The third kappa shape index (κ3) is 2.81. The minimum absolute atomic E-state index is 0.150. The van der Waals surface area contributed by atoms with E-state index in [9.17, 15) is 17.2 Å². The molecule has 0 amide bonds. The molecule has 0 aromatic carbocycles. The van der Waals surface area contributed by atoms with Crippen LogP contribution in [0.25, 0.3) is 0 Å². The van der Waals surface area contributed by atoms with Crippen LogP contribution in [0.4, 0.5) is 8.78 Å². The molecule has 0 bridgehead atoms. The van der Waals surface area contributed by atoms with E-state index < -0.39 is 34.7 Å². The van der Waals surface area contributed by atoms with Crippen molar-refractivity contribution in [1.29, 1.82) is 0 Å². The van der Waals surface area contributed by atoms with Crippen LogP contribution in [-0.4, -0.2) is 36.9 Å². The molecule has 0 radical (unpaired) electrons. The number of hydrogen-bond donors (Lipinski definition) is 0. The van der Waals surface area contributed by atoms with Crippen LogP contribution >= 0.6 is 0 Å². The fourth-order valence-electron chi connectivity index (χ4n) is 1.70. The van der Waals surface area contributed by atoms with Gasteiger partial charge in [-0.1, -0.05) is 5.16 Å². The minimum atomic E-state index is -3.75. The average Bonchev–Trinajstić information content (AvgIpc) is 2.72. The summed E-state index contributed by atoms with van der Waals surface area (Å²) in [5.41, 5.74) is 0.557. The van der Waals surface area contributed by atoms with Gasteiger partial charge in [-0.25, -0.2) is 17.2 Å². The van der Waals surface area contributed by atoms with Gasteiger partial charge in [-0.15, -0.1) is 0 Å². The molecule has 1 saturated heterocycles. The monoisotopic (exact) mass is 266 g/mol. The Labute approximate surface area is 97.4 Å². The molecule has 1 aliphatic heterocycles. The highest BCUT2D eigenvalue weighted by Gasteiger charge is 2.43. The lowest BCUT2D eigenvalue weighted by atomic mass is 10.3. The van der Waals surface area contributed by atoms with Crippen LogP contribution in [0, 0.1) is 6.92 Å². The Morgan fingerprint density at radius 3 is 2.76 bits per heavy atom. The molecule has 17 heavy (non-hydrogen) atoms. The Morgan fingerprint density at radius 1 is 1.59 bits per heavy atom. The summed E-state index contributed by atoms with van der Waals surface area (Å²) in [6.07, 6.45) is -0.429. The fraction of sp³-hybridized carbons (Fsp3) is 0.667. The van der Waals surface area contributed by atoms with Crippen molar-refractivity contribution in [2.75, 3.05) is 13.1 Å². The second kappa shape index (κ2) is 4.02. The zero-order valence-electron chi connectivity index (χ0n) is 9.19. The molecule has 1 fully saturated rings. The maximum absolute atomic E-state index is 12.9. The quantitative estimate of drug-likeness (QED) is 0.823. The number of hydrogen-bond acceptors (Lipinski definition) is 4. The van der Waals surface area contributed by atoms with E-state index in [0.717, 1.165) is 4.31 Å². The molecule has 0 saturated carbocycles. The lowest BCUT2D eigenvalue weighted by Crippen LogP contribution is -2.32. The molecule has 0 N–H and O–H groups in total. The van der Waals surface area contributed by atoms with Gasteiger partial charge in [0.1, 0.15) is 5.75 Å². The number of aromatic nitrogens is 1. The van der Waals surface area contributed by atoms with Crippen molar-refractivity contribution < 1.29 is 21.7 Å². The van der Waals surface area contributed by atoms with Gasteiger partial charge in [0.25, 0.3) is 5.92 Å². The normalized spacial score (nSPS) is 20.9. The van der Waals surface area contributed by atoms with Gasteiger partial charge in [0.15, 0.2) is 5.76 Å². The number of sulfonamides is 1. The molecule has 0 aliphatic carbocycles. The van der Waals surface area contributed by atoms with Gasteiger partial charge >= 0.3 is 0 Å². The minimum Gasteiger partial charge on any atom is -0.360 e. The van der Waals surface area contributed by atoms with Gasteiger partial charge in [-0.2, -0.15) is 4.31 Å². The Bertz CT molecular complexity index is 512. The van der Waals surface area contributed by atoms with Gasteiger partial charge in [0.05, 0.1) is 12.2 Å². The third-order valence-electron chi connectivity index (χ3n) is 2.53. The van der Waals surface area contributed by atoms with E-state index in [1.807, 2.05) is 0 Å². The molecule has 8 heteroatoms. The fourth-order valence-corrected chi connectivity index (χ4v) is 3.13. The van der Waals surface area contributed by atoms with Gasteiger partial charge in [0, 0.05) is 19.0 Å². The Kier molecular flexibility index (Phi) is 2.94. The first-order valence-corrected chi connectivity index (χ1v) is 6.67. The summed E-state index contributed by atoms with van der Waals surface area (Å²) in [5, 5.41) is 3.55. The smallest absolute Gasteiger partial charge is 0.262 e. The van der Waals surface area contributed by atoms with E-state index in [0.29, 0.717) is 5.69 Å². The first-order valence-electron chi connectivity index (χ1n) is 5.06. The van der Waals surface area contributed by atoms with Crippen molar-refractivity contribution in [3.8, 4) is 0 Å².